The maximum atomic E-state index is 13.7. The van der Waals surface area contributed by atoms with Crippen molar-refractivity contribution in [2.75, 3.05) is 12.4 Å². The van der Waals surface area contributed by atoms with Crippen LogP contribution in [0.25, 0.3) is 5.70 Å². The number of benzene rings is 2. The lowest BCUT2D eigenvalue weighted by molar-refractivity contribution is -0.108. The second-order valence-electron chi connectivity index (χ2n) is 8.43. The molecule has 2 aromatic rings. The molecule has 1 heterocycles. The van der Waals surface area contributed by atoms with Crippen LogP contribution in [0.5, 0.6) is 5.75 Å². The molecule has 3 rings (SSSR count). The quantitative estimate of drug-likeness (QED) is 0.249. The molecule has 0 fully saturated rings. The average Bonchev–Trinajstić information content (AvgIpc) is 3.08. The third-order valence-electron chi connectivity index (χ3n) is 5.91. The molecule has 0 aliphatic carbocycles. The summed E-state index contributed by atoms with van der Waals surface area (Å²) in [4.78, 5) is 28.3. The maximum absolute atomic E-state index is 13.7. The first kappa shape index (κ1) is 24.8. The number of nitrogens with zero attached hydrogens (tertiary/aromatic N) is 2. The van der Waals surface area contributed by atoms with Gasteiger partial charge >= 0.3 is 0 Å². The summed E-state index contributed by atoms with van der Waals surface area (Å²) in [5, 5.41) is 21.0. The van der Waals surface area contributed by atoms with Crippen molar-refractivity contribution >= 4 is 29.3 Å². The molecule has 2 aromatic carbocycles. The fraction of sp³-hybridized carbons (Fsp3) is 0.296. The van der Waals surface area contributed by atoms with E-state index < -0.39 is 6.04 Å². The van der Waals surface area contributed by atoms with Crippen LogP contribution in [0.15, 0.2) is 60.9 Å². The van der Waals surface area contributed by atoms with Crippen LogP contribution in [0, 0.1) is 5.41 Å². The van der Waals surface area contributed by atoms with Crippen LogP contribution in [0.1, 0.15) is 54.6 Å². The van der Waals surface area contributed by atoms with Gasteiger partial charge in [0.05, 0.1) is 17.4 Å². The van der Waals surface area contributed by atoms with Gasteiger partial charge in [-0.2, -0.15) is 0 Å². The standard InChI is InChI=1S/C27H32N4O3/c1-5-8-25-23-10-6-9-20(17-30(4)19(3)29-21-12-14-22(33)15-13-21)26(23)27(34)31(25)24(18(2)28)11-7-16-32/h6,8-10,12-16,24,28-29,33H,3,5,7,11,17H2,1-2,4H3/b25-8+,28-18?. The number of aromatic hydroxyl groups is 1. The Bertz CT molecular complexity index is 1120. The molecule has 178 valence electrons. The van der Waals surface area contributed by atoms with Gasteiger partial charge < -0.3 is 25.5 Å². The van der Waals surface area contributed by atoms with Gasteiger partial charge in [0, 0.05) is 42.7 Å². The van der Waals surface area contributed by atoms with E-state index >= 15 is 0 Å². The predicted octanol–water partition coefficient (Wildman–Crippen LogP) is 5.00. The monoisotopic (exact) mass is 460 g/mol. The minimum atomic E-state index is -0.459. The maximum Gasteiger partial charge on any atom is 0.259 e. The number of anilines is 1. The van der Waals surface area contributed by atoms with Gasteiger partial charge in [-0.15, -0.1) is 0 Å². The third kappa shape index (κ3) is 5.20. The summed E-state index contributed by atoms with van der Waals surface area (Å²) in [5.41, 5.74) is 4.30. The van der Waals surface area contributed by atoms with Crippen molar-refractivity contribution in [3.63, 3.8) is 0 Å². The van der Waals surface area contributed by atoms with E-state index in [4.69, 9.17) is 5.41 Å². The molecule has 0 aromatic heterocycles. The SMILES string of the molecule is C=C(Nc1ccc(O)cc1)N(C)Cc1cccc2c1C(=O)N(C(CCC=O)C(C)=N)/C2=C/CC. The Kier molecular flexibility index (Phi) is 7.89. The fourth-order valence-electron chi connectivity index (χ4n) is 4.19. The zero-order chi connectivity index (χ0) is 24.8. The molecule has 7 nitrogen and oxygen atoms in total. The van der Waals surface area contributed by atoms with Gasteiger partial charge in [-0.1, -0.05) is 37.8 Å². The highest BCUT2D eigenvalue weighted by Gasteiger charge is 2.39. The minimum Gasteiger partial charge on any atom is -0.508 e. The Hall–Kier alpha value is -3.87. The smallest absolute Gasteiger partial charge is 0.259 e. The van der Waals surface area contributed by atoms with Gasteiger partial charge in [0.25, 0.3) is 5.91 Å². The van der Waals surface area contributed by atoms with Crippen molar-refractivity contribution in [2.24, 2.45) is 0 Å². The molecule has 0 spiro atoms. The number of carbonyl (C=O) groups excluding carboxylic acids is 2. The molecule has 1 aliphatic heterocycles. The highest BCUT2D eigenvalue weighted by molar-refractivity contribution is 6.12. The van der Waals surface area contributed by atoms with Crippen LogP contribution in [-0.2, 0) is 11.3 Å². The van der Waals surface area contributed by atoms with Crippen LogP contribution >= 0.6 is 0 Å². The molecule has 0 saturated carbocycles. The van der Waals surface area contributed by atoms with E-state index in [2.05, 4.69) is 11.9 Å². The number of allylic oxidation sites excluding steroid dienone is 1. The number of nitrogens with one attached hydrogen (secondary N) is 2. The van der Waals surface area contributed by atoms with Crippen molar-refractivity contribution < 1.29 is 14.7 Å². The van der Waals surface area contributed by atoms with Gasteiger partial charge in [0.2, 0.25) is 0 Å². The zero-order valence-electron chi connectivity index (χ0n) is 20.0. The molecular weight excluding hydrogens is 428 g/mol. The molecular formula is C27H32N4O3. The van der Waals surface area contributed by atoms with Crippen LogP contribution in [0.2, 0.25) is 0 Å². The fourth-order valence-corrected chi connectivity index (χ4v) is 4.19. The lowest BCUT2D eigenvalue weighted by Crippen LogP contribution is -2.40. The van der Waals surface area contributed by atoms with E-state index in [0.29, 0.717) is 36.5 Å². The zero-order valence-corrected chi connectivity index (χ0v) is 20.0. The van der Waals surface area contributed by atoms with Crippen LogP contribution in [0.4, 0.5) is 5.69 Å². The van der Waals surface area contributed by atoms with Gasteiger partial charge in [-0.25, -0.2) is 0 Å². The van der Waals surface area contributed by atoms with Crippen molar-refractivity contribution in [1.29, 1.82) is 5.41 Å². The first-order chi connectivity index (χ1) is 16.3. The molecule has 1 unspecified atom stereocenters. The molecule has 0 saturated heterocycles. The summed E-state index contributed by atoms with van der Waals surface area (Å²) in [6.45, 7) is 8.26. The second-order valence-corrected chi connectivity index (χ2v) is 8.43. The molecule has 1 amide bonds. The first-order valence-corrected chi connectivity index (χ1v) is 11.4. The van der Waals surface area contributed by atoms with Crippen molar-refractivity contribution in [1.82, 2.24) is 9.80 Å². The minimum absolute atomic E-state index is 0.140. The second kappa shape index (κ2) is 10.8. The molecule has 0 radical (unpaired) electrons. The lowest BCUT2D eigenvalue weighted by atomic mass is 10.0. The summed E-state index contributed by atoms with van der Waals surface area (Å²) in [5.74, 6) is 0.697. The summed E-state index contributed by atoms with van der Waals surface area (Å²) in [6, 6.07) is 12.1. The topological polar surface area (TPSA) is 96.7 Å². The number of amides is 1. The highest BCUT2D eigenvalue weighted by Crippen LogP contribution is 2.38. The summed E-state index contributed by atoms with van der Waals surface area (Å²) >= 11 is 0. The van der Waals surface area contributed by atoms with Crippen LogP contribution in [0.3, 0.4) is 0 Å². The van der Waals surface area contributed by atoms with E-state index in [1.165, 1.54) is 0 Å². The Balaban J connectivity index is 1.90. The molecule has 7 heteroatoms. The number of rotatable bonds is 11. The van der Waals surface area contributed by atoms with Gasteiger partial charge in [0.15, 0.2) is 0 Å². The van der Waals surface area contributed by atoms with E-state index in [0.717, 1.165) is 35.2 Å². The number of hydrogen-bond acceptors (Lipinski definition) is 6. The number of phenolic OH excluding ortho intramolecular Hbond substituents is 1. The van der Waals surface area contributed by atoms with Crippen molar-refractivity contribution in [2.45, 2.75) is 45.7 Å². The lowest BCUT2D eigenvalue weighted by Gasteiger charge is -2.28. The molecule has 34 heavy (non-hydrogen) atoms. The average molecular weight is 461 g/mol. The van der Waals surface area contributed by atoms with E-state index in [-0.39, 0.29) is 11.7 Å². The Morgan fingerprint density at radius 2 is 1.97 bits per heavy atom. The Morgan fingerprint density at radius 3 is 2.59 bits per heavy atom. The largest absolute Gasteiger partial charge is 0.508 e. The van der Waals surface area contributed by atoms with Crippen molar-refractivity contribution in [3.05, 3.63) is 77.6 Å². The van der Waals surface area contributed by atoms with Crippen LogP contribution < -0.4 is 5.32 Å². The first-order valence-electron chi connectivity index (χ1n) is 11.4. The molecule has 1 aliphatic rings. The summed E-state index contributed by atoms with van der Waals surface area (Å²) in [6.07, 6.45) is 4.30. The normalized spacial score (nSPS) is 14.6. The number of fused-ring (bicyclic) bond motifs is 1. The Morgan fingerprint density at radius 1 is 1.26 bits per heavy atom. The summed E-state index contributed by atoms with van der Waals surface area (Å²) < 4.78 is 0. The predicted molar refractivity (Wildman–Crippen MR) is 136 cm³/mol. The number of phenols is 1. The van der Waals surface area contributed by atoms with Gasteiger partial charge in [-0.05, 0) is 49.6 Å². The number of aldehydes is 1. The molecule has 1 atom stereocenters. The van der Waals surface area contributed by atoms with Crippen LogP contribution in [-0.4, -0.2) is 45.9 Å². The van der Waals surface area contributed by atoms with E-state index in [9.17, 15) is 14.7 Å². The van der Waals surface area contributed by atoms with E-state index in [1.807, 2.05) is 43.1 Å². The van der Waals surface area contributed by atoms with Crippen molar-refractivity contribution in [3.8, 4) is 5.75 Å². The van der Waals surface area contributed by atoms with E-state index in [1.54, 1.807) is 36.1 Å². The summed E-state index contributed by atoms with van der Waals surface area (Å²) in [7, 11) is 1.89. The van der Waals surface area contributed by atoms with Gasteiger partial charge in [0.1, 0.15) is 12.0 Å². The Labute approximate surface area is 200 Å². The highest BCUT2D eigenvalue weighted by atomic mass is 16.3. The third-order valence-corrected chi connectivity index (χ3v) is 5.91. The molecule has 0 bridgehead atoms. The number of carbonyl (C=O) groups is 2. The molecule has 3 N–H and O–H groups in total. The van der Waals surface area contributed by atoms with Gasteiger partial charge in [-0.3, -0.25) is 9.69 Å². The number of hydrogen-bond donors (Lipinski definition) is 3.